The average molecular weight is 447 g/mol. The minimum atomic E-state index is -0.386. The van der Waals surface area contributed by atoms with E-state index >= 15 is 0 Å². The highest BCUT2D eigenvalue weighted by atomic mass is 79.9. The Kier molecular flexibility index (Phi) is 6.49. The van der Waals surface area contributed by atoms with E-state index in [0.717, 1.165) is 16.0 Å². The molecule has 4 nitrogen and oxygen atoms in total. The molecule has 0 aliphatic carbocycles. The first kappa shape index (κ1) is 19.4. The van der Waals surface area contributed by atoms with Crippen molar-refractivity contribution in [3.05, 3.63) is 88.0 Å². The predicted molar refractivity (Wildman–Crippen MR) is 110 cm³/mol. The first-order valence-electron chi connectivity index (χ1n) is 8.11. The van der Waals surface area contributed by atoms with Crippen LogP contribution in [0.15, 0.2) is 74.9 Å². The molecule has 0 bridgehead atoms. The van der Waals surface area contributed by atoms with Gasteiger partial charge in [0.25, 0.3) is 0 Å². The monoisotopic (exact) mass is 446 g/mol. The lowest BCUT2D eigenvalue weighted by molar-refractivity contribution is 0.235. The van der Waals surface area contributed by atoms with Gasteiger partial charge >= 0.3 is 0 Å². The Hall–Kier alpha value is -2.35. The molecule has 1 aromatic heterocycles. The largest absolute Gasteiger partial charge is 0.472 e. The summed E-state index contributed by atoms with van der Waals surface area (Å²) in [6.07, 6.45) is 4.25. The van der Waals surface area contributed by atoms with Crippen LogP contribution in [0, 0.1) is 5.82 Å². The number of thiocarbonyl (C=S) groups is 1. The molecular weight excluding hydrogens is 431 g/mol. The summed E-state index contributed by atoms with van der Waals surface area (Å²) >= 11 is 8.64. The number of hydrogen-bond acceptors (Lipinski definition) is 4. The summed E-state index contributed by atoms with van der Waals surface area (Å²) in [5, 5.41) is 9.54. The maximum atomic E-state index is 13.4. The first-order valence-corrected chi connectivity index (χ1v) is 9.32. The van der Waals surface area contributed by atoms with E-state index in [4.69, 9.17) is 16.6 Å². The third-order valence-electron chi connectivity index (χ3n) is 3.88. The molecule has 0 saturated carbocycles. The number of halogens is 2. The lowest BCUT2D eigenvalue weighted by Crippen LogP contribution is -2.21. The molecule has 0 aliphatic rings. The zero-order valence-electron chi connectivity index (χ0n) is 14.2. The van der Waals surface area contributed by atoms with Crippen molar-refractivity contribution in [1.82, 2.24) is 5.48 Å². The average Bonchev–Trinajstić information content (AvgIpc) is 3.11. The molecular formula is C20H16BrFN2O2S. The normalized spacial score (nSPS) is 11.4. The molecule has 7 heteroatoms. The van der Waals surface area contributed by atoms with Crippen LogP contribution in [0.25, 0.3) is 0 Å². The fourth-order valence-corrected chi connectivity index (χ4v) is 3.28. The van der Waals surface area contributed by atoms with Crippen LogP contribution in [0.1, 0.15) is 16.7 Å². The predicted octanol–water partition coefficient (Wildman–Crippen LogP) is 5.39. The van der Waals surface area contributed by atoms with Gasteiger partial charge in [-0.25, -0.2) is 9.38 Å². The summed E-state index contributed by atoms with van der Waals surface area (Å²) < 4.78 is 19.0. The Morgan fingerprint density at radius 3 is 2.63 bits per heavy atom. The van der Waals surface area contributed by atoms with Crippen LogP contribution < -0.4 is 5.48 Å². The van der Waals surface area contributed by atoms with Crippen LogP contribution in [0.3, 0.4) is 0 Å². The molecule has 0 atom stereocenters. The van der Waals surface area contributed by atoms with Gasteiger partial charge in [0.1, 0.15) is 12.1 Å². The molecule has 0 radical (unpaired) electrons. The molecule has 0 fully saturated rings. The Morgan fingerprint density at radius 1 is 1.15 bits per heavy atom. The number of nitrogens with zero attached hydrogens (tertiary/aromatic N) is 1. The molecule has 0 amide bonds. The van der Waals surface area contributed by atoms with Gasteiger partial charge in [0.15, 0.2) is 5.84 Å². The fourth-order valence-electron chi connectivity index (χ4n) is 2.60. The highest BCUT2D eigenvalue weighted by Crippen LogP contribution is 2.23. The number of nitrogens with one attached hydrogen (secondary N) is 1. The summed E-state index contributed by atoms with van der Waals surface area (Å²) in [7, 11) is 0. The van der Waals surface area contributed by atoms with Crippen LogP contribution in [0.5, 0.6) is 0 Å². The van der Waals surface area contributed by atoms with Crippen LogP contribution in [0.4, 0.5) is 10.1 Å². The highest BCUT2D eigenvalue weighted by molar-refractivity contribution is 9.10. The van der Waals surface area contributed by atoms with Gasteiger partial charge in [0.2, 0.25) is 0 Å². The molecule has 2 aromatic carbocycles. The molecule has 3 aromatic rings. The van der Waals surface area contributed by atoms with Crippen molar-refractivity contribution in [3.63, 3.8) is 0 Å². The van der Waals surface area contributed by atoms with Gasteiger partial charge < -0.3 is 4.42 Å². The van der Waals surface area contributed by atoms with Crippen molar-refractivity contribution < 1.29 is 14.0 Å². The zero-order valence-corrected chi connectivity index (χ0v) is 16.6. The van der Waals surface area contributed by atoms with Crippen LogP contribution in [-0.2, 0) is 12.8 Å². The van der Waals surface area contributed by atoms with Crippen molar-refractivity contribution in [1.29, 1.82) is 0 Å². The van der Waals surface area contributed by atoms with Gasteiger partial charge in [-0.15, -0.1) is 0 Å². The number of hydrogen-bond donors (Lipinski definition) is 2. The molecule has 2 N–H and O–H groups in total. The number of furan rings is 1. The molecule has 0 unspecified atom stereocenters. The molecule has 138 valence electrons. The van der Waals surface area contributed by atoms with Crippen LogP contribution in [0.2, 0.25) is 0 Å². The third kappa shape index (κ3) is 5.09. The molecule has 1 heterocycles. The number of benzene rings is 2. The van der Waals surface area contributed by atoms with E-state index in [2.05, 4.69) is 26.4 Å². The van der Waals surface area contributed by atoms with E-state index in [1.807, 2.05) is 30.3 Å². The van der Waals surface area contributed by atoms with Crippen molar-refractivity contribution >= 4 is 44.5 Å². The maximum absolute atomic E-state index is 13.4. The number of hydroxylamine groups is 1. The number of amidine groups is 1. The van der Waals surface area contributed by atoms with Crippen molar-refractivity contribution in [2.75, 3.05) is 0 Å². The Balaban J connectivity index is 1.80. The quantitative estimate of drug-likeness (QED) is 0.230. The molecule has 3 rings (SSSR count). The molecule has 0 aliphatic heterocycles. The summed E-state index contributed by atoms with van der Waals surface area (Å²) in [5.74, 6) is -0.192. The maximum Gasteiger partial charge on any atom is 0.160 e. The van der Waals surface area contributed by atoms with Crippen LogP contribution in [-0.4, -0.2) is 15.9 Å². The second kappa shape index (κ2) is 9.03. The van der Waals surface area contributed by atoms with Gasteiger partial charge in [-0.3, -0.25) is 10.7 Å². The summed E-state index contributed by atoms with van der Waals surface area (Å²) in [5.41, 5.74) is 5.09. The van der Waals surface area contributed by atoms with Crippen molar-refractivity contribution in [2.45, 2.75) is 12.8 Å². The Morgan fingerprint density at radius 2 is 1.93 bits per heavy atom. The Labute approximate surface area is 169 Å². The summed E-state index contributed by atoms with van der Waals surface area (Å²) in [6.45, 7) is 0. The van der Waals surface area contributed by atoms with E-state index in [-0.39, 0.29) is 16.1 Å². The third-order valence-corrected chi connectivity index (χ3v) is 4.78. The highest BCUT2D eigenvalue weighted by Gasteiger charge is 2.14. The van der Waals surface area contributed by atoms with E-state index in [9.17, 15) is 9.60 Å². The minimum absolute atomic E-state index is 0.194. The van der Waals surface area contributed by atoms with Gasteiger partial charge in [-0.1, -0.05) is 42.5 Å². The lowest BCUT2D eigenvalue weighted by Gasteiger charge is -2.07. The summed E-state index contributed by atoms with van der Waals surface area (Å²) in [6, 6.07) is 14.3. The van der Waals surface area contributed by atoms with Crippen LogP contribution >= 0.6 is 28.1 Å². The number of rotatable bonds is 6. The number of aliphatic imine (C=N–C) groups is 1. The van der Waals surface area contributed by atoms with E-state index in [1.165, 1.54) is 24.5 Å². The van der Waals surface area contributed by atoms with Gasteiger partial charge in [0.05, 0.1) is 22.0 Å². The minimum Gasteiger partial charge on any atom is -0.472 e. The SMILES string of the molecule is ONC(=Nc1ccc(F)c(Br)c1)c1cocc1CC(=S)Cc1ccccc1. The van der Waals surface area contributed by atoms with E-state index in [0.29, 0.717) is 24.1 Å². The van der Waals surface area contributed by atoms with E-state index in [1.54, 1.807) is 6.26 Å². The second-order valence-corrected chi connectivity index (χ2v) is 7.29. The van der Waals surface area contributed by atoms with E-state index < -0.39 is 0 Å². The molecule has 27 heavy (non-hydrogen) atoms. The van der Waals surface area contributed by atoms with Gasteiger partial charge in [0, 0.05) is 23.3 Å². The Bertz CT molecular complexity index is 973. The van der Waals surface area contributed by atoms with Gasteiger partial charge in [-0.05, 0) is 39.7 Å². The first-order chi connectivity index (χ1) is 13.1. The molecule has 0 saturated heterocycles. The standard InChI is InChI=1S/C20H16BrFN2O2S/c21-18-10-15(6-7-19(18)22)23-20(24-25)17-12-26-11-14(17)9-16(27)8-13-4-2-1-3-5-13/h1-7,10-12,25H,8-9H2,(H,23,24). The molecule has 0 spiro atoms. The van der Waals surface area contributed by atoms with Crippen molar-refractivity contribution in [2.24, 2.45) is 4.99 Å². The fraction of sp³-hybridized carbons (Fsp3) is 0.100. The summed E-state index contributed by atoms with van der Waals surface area (Å²) in [4.78, 5) is 5.17. The zero-order chi connectivity index (χ0) is 19.2. The topological polar surface area (TPSA) is 57.8 Å². The lowest BCUT2D eigenvalue weighted by atomic mass is 10.0. The van der Waals surface area contributed by atoms with Crippen molar-refractivity contribution in [3.8, 4) is 0 Å². The smallest absolute Gasteiger partial charge is 0.160 e. The second-order valence-electron chi connectivity index (χ2n) is 5.86. The van der Waals surface area contributed by atoms with Gasteiger partial charge in [-0.2, -0.15) is 0 Å².